The highest BCUT2D eigenvalue weighted by atomic mass is 127. The summed E-state index contributed by atoms with van der Waals surface area (Å²) in [5.41, 5.74) is 0.427. The number of halogens is 2. The number of pyridine rings is 1. The highest BCUT2D eigenvalue weighted by Gasteiger charge is 2.08. The van der Waals surface area contributed by atoms with Crippen molar-refractivity contribution in [1.29, 1.82) is 0 Å². The lowest BCUT2D eigenvalue weighted by Crippen LogP contribution is -2.05. The highest BCUT2D eigenvalue weighted by Crippen LogP contribution is 2.16. The number of hydrogen-bond donors (Lipinski definition) is 0. The average Bonchev–Trinajstić information content (AvgIpc) is 2.10. The van der Waals surface area contributed by atoms with E-state index in [1.807, 2.05) is 22.6 Å². The first-order valence-electron chi connectivity index (χ1n) is 3.63. The number of ether oxygens (including phenoxy) is 1. The quantitative estimate of drug-likeness (QED) is 0.479. The molecule has 0 aliphatic heterocycles. The molecule has 0 atom stereocenters. The number of carbonyl (C=O) groups excluding carboxylic acids is 1. The van der Waals surface area contributed by atoms with Gasteiger partial charge in [0.25, 0.3) is 0 Å². The van der Waals surface area contributed by atoms with Gasteiger partial charge in [0.1, 0.15) is 5.15 Å². The molecule has 1 aromatic heterocycles. The summed E-state index contributed by atoms with van der Waals surface area (Å²) >= 11 is 7.70. The second-order valence-corrected chi connectivity index (χ2v) is 3.74. The van der Waals surface area contributed by atoms with Crippen molar-refractivity contribution >= 4 is 40.2 Å². The molecule has 1 heterocycles. The van der Waals surface area contributed by atoms with Crippen molar-refractivity contribution < 1.29 is 9.53 Å². The number of hydrogen-bond acceptors (Lipinski definition) is 3. The minimum absolute atomic E-state index is 0.359. The van der Waals surface area contributed by atoms with Crippen LogP contribution < -0.4 is 0 Å². The van der Waals surface area contributed by atoms with Crippen LogP contribution in [0.5, 0.6) is 0 Å². The number of aromatic nitrogens is 1. The Morgan fingerprint density at radius 2 is 2.46 bits per heavy atom. The number of carbonyl (C=O) groups is 1. The zero-order chi connectivity index (χ0) is 9.84. The molecule has 0 aliphatic rings. The number of nitrogens with zero attached hydrogens (tertiary/aromatic N) is 1. The fourth-order valence-electron chi connectivity index (χ4n) is 0.747. The summed E-state index contributed by atoms with van der Waals surface area (Å²) in [5, 5.41) is 0.397. The fourth-order valence-corrected chi connectivity index (χ4v) is 1.33. The molecule has 0 unspecified atom stereocenters. The molecule has 0 N–H and O–H groups in total. The largest absolute Gasteiger partial charge is 0.462 e. The molecule has 3 nitrogen and oxygen atoms in total. The molecule has 0 saturated heterocycles. The molecule has 0 radical (unpaired) electrons. The van der Waals surface area contributed by atoms with E-state index in [2.05, 4.69) is 4.98 Å². The molecule has 0 bridgehead atoms. The number of rotatable bonds is 2. The molecule has 70 valence electrons. The van der Waals surface area contributed by atoms with Crippen molar-refractivity contribution in [1.82, 2.24) is 4.98 Å². The summed E-state index contributed by atoms with van der Waals surface area (Å²) in [7, 11) is 0. The standard InChI is InChI=1S/C8H7ClINO2/c1-2-13-8(12)5-3-6(10)7(9)11-4-5/h3-4H,2H2,1H3. The molecule has 0 fully saturated rings. The van der Waals surface area contributed by atoms with Crippen LogP contribution in [0.1, 0.15) is 17.3 Å². The third kappa shape index (κ3) is 2.80. The Morgan fingerprint density at radius 3 is 3.00 bits per heavy atom. The van der Waals surface area contributed by atoms with Crippen molar-refractivity contribution in [2.75, 3.05) is 6.61 Å². The fraction of sp³-hybridized carbons (Fsp3) is 0.250. The molecule has 0 saturated carbocycles. The summed E-state index contributed by atoms with van der Waals surface area (Å²) in [6.07, 6.45) is 1.41. The maximum absolute atomic E-state index is 11.2. The molecule has 0 amide bonds. The Labute approximate surface area is 94.6 Å². The van der Waals surface area contributed by atoms with Gasteiger partial charge < -0.3 is 4.74 Å². The minimum atomic E-state index is -0.371. The molecular weight excluding hydrogens is 304 g/mol. The molecular formula is C8H7ClINO2. The first-order chi connectivity index (χ1) is 6.15. The summed E-state index contributed by atoms with van der Waals surface area (Å²) in [4.78, 5) is 15.0. The molecule has 0 aliphatic carbocycles. The SMILES string of the molecule is CCOC(=O)c1cnc(Cl)c(I)c1. The Balaban J connectivity index is 2.90. The van der Waals surface area contributed by atoms with Gasteiger partial charge in [0.05, 0.1) is 15.7 Å². The van der Waals surface area contributed by atoms with Gasteiger partial charge in [0.2, 0.25) is 0 Å². The molecule has 0 aromatic carbocycles. The van der Waals surface area contributed by atoms with E-state index in [1.165, 1.54) is 6.20 Å². The normalized spacial score (nSPS) is 9.77. The summed E-state index contributed by atoms with van der Waals surface area (Å²) in [6, 6.07) is 1.65. The van der Waals surface area contributed by atoms with E-state index in [9.17, 15) is 4.79 Å². The molecule has 5 heteroatoms. The lowest BCUT2D eigenvalue weighted by atomic mass is 10.3. The molecule has 1 aromatic rings. The van der Waals surface area contributed by atoms with Crippen LogP contribution in [0.25, 0.3) is 0 Å². The Morgan fingerprint density at radius 1 is 1.77 bits per heavy atom. The van der Waals surface area contributed by atoms with Crippen molar-refractivity contribution in [3.63, 3.8) is 0 Å². The van der Waals surface area contributed by atoms with E-state index in [4.69, 9.17) is 16.3 Å². The van der Waals surface area contributed by atoms with Crippen LogP contribution in [0.4, 0.5) is 0 Å². The zero-order valence-corrected chi connectivity index (χ0v) is 9.79. The van der Waals surface area contributed by atoms with Crippen LogP contribution in [0, 0.1) is 3.57 Å². The van der Waals surface area contributed by atoms with Crippen LogP contribution in [0.2, 0.25) is 5.15 Å². The summed E-state index contributed by atoms with van der Waals surface area (Å²) in [6.45, 7) is 2.12. The second-order valence-electron chi connectivity index (χ2n) is 2.22. The van der Waals surface area contributed by atoms with Gasteiger partial charge in [-0.3, -0.25) is 0 Å². The lowest BCUT2D eigenvalue weighted by Gasteiger charge is -2.01. The van der Waals surface area contributed by atoms with Crippen molar-refractivity contribution in [2.45, 2.75) is 6.92 Å². The molecule has 13 heavy (non-hydrogen) atoms. The van der Waals surface area contributed by atoms with E-state index < -0.39 is 0 Å². The van der Waals surface area contributed by atoms with Gasteiger partial charge in [0.15, 0.2) is 0 Å². The number of esters is 1. The predicted molar refractivity (Wildman–Crippen MR) is 57.9 cm³/mol. The monoisotopic (exact) mass is 311 g/mol. The van der Waals surface area contributed by atoms with Crippen molar-refractivity contribution in [3.8, 4) is 0 Å². The molecule has 0 spiro atoms. The van der Waals surface area contributed by atoms with Crippen LogP contribution in [-0.4, -0.2) is 17.6 Å². The van der Waals surface area contributed by atoms with Gasteiger partial charge in [-0.2, -0.15) is 0 Å². The van der Waals surface area contributed by atoms with Crippen molar-refractivity contribution in [3.05, 3.63) is 26.5 Å². The lowest BCUT2D eigenvalue weighted by molar-refractivity contribution is 0.0526. The van der Waals surface area contributed by atoms with Crippen LogP contribution in [0.15, 0.2) is 12.3 Å². The van der Waals surface area contributed by atoms with Gasteiger partial charge in [-0.25, -0.2) is 9.78 Å². The van der Waals surface area contributed by atoms with Crippen LogP contribution >= 0.6 is 34.2 Å². The van der Waals surface area contributed by atoms with Crippen LogP contribution in [-0.2, 0) is 4.74 Å². The first kappa shape index (κ1) is 10.7. The van der Waals surface area contributed by atoms with Gasteiger partial charge in [-0.05, 0) is 35.6 Å². The van der Waals surface area contributed by atoms with Gasteiger partial charge >= 0.3 is 5.97 Å². The maximum atomic E-state index is 11.2. The van der Waals surface area contributed by atoms with E-state index in [-0.39, 0.29) is 5.97 Å². The average molecular weight is 312 g/mol. The Kier molecular flexibility index (Phi) is 3.92. The maximum Gasteiger partial charge on any atom is 0.339 e. The highest BCUT2D eigenvalue weighted by molar-refractivity contribution is 14.1. The zero-order valence-electron chi connectivity index (χ0n) is 6.88. The van der Waals surface area contributed by atoms with Crippen molar-refractivity contribution in [2.24, 2.45) is 0 Å². The third-order valence-electron chi connectivity index (χ3n) is 1.31. The van der Waals surface area contributed by atoms with Gasteiger partial charge in [0, 0.05) is 6.20 Å². The van der Waals surface area contributed by atoms with Gasteiger partial charge in [-0.1, -0.05) is 11.6 Å². The van der Waals surface area contributed by atoms with E-state index in [0.717, 1.165) is 3.57 Å². The van der Waals surface area contributed by atoms with Gasteiger partial charge in [-0.15, -0.1) is 0 Å². The Hall–Kier alpha value is -0.360. The predicted octanol–water partition coefficient (Wildman–Crippen LogP) is 2.52. The summed E-state index contributed by atoms with van der Waals surface area (Å²) in [5.74, 6) is -0.371. The first-order valence-corrected chi connectivity index (χ1v) is 5.09. The third-order valence-corrected chi connectivity index (χ3v) is 2.75. The smallest absolute Gasteiger partial charge is 0.339 e. The summed E-state index contributed by atoms with van der Waals surface area (Å²) < 4.78 is 5.54. The van der Waals surface area contributed by atoms with E-state index in [1.54, 1.807) is 13.0 Å². The van der Waals surface area contributed by atoms with E-state index >= 15 is 0 Å². The van der Waals surface area contributed by atoms with Crippen LogP contribution in [0.3, 0.4) is 0 Å². The van der Waals surface area contributed by atoms with E-state index in [0.29, 0.717) is 17.3 Å². The Bertz CT molecular complexity index is 330. The molecule has 1 rings (SSSR count). The minimum Gasteiger partial charge on any atom is -0.462 e. The topological polar surface area (TPSA) is 39.2 Å². The second kappa shape index (κ2) is 4.76.